The first-order chi connectivity index (χ1) is 10.1. The molecule has 0 spiro atoms. The maximum absolute atomic E-state index is 13.1. The van der Waals surface area contributed by atoms with Crippen molar-refractivity contribution in [1.29, 1.82) is 0 Å². The standard InChI is InChI=1S/C16H16FNO3/c17-12-5-3-10(4-6-12)15(11-8-13(19)9-11)18-16(20)14-2-1-7-21-14/h1-7,11,13,15,19H,8-9H2,(H,18,20)/t11?,13?,15-/m1/s1. The Morgan fingerprint density at radius 3 is 2.57 bits per heavy atom. The number of amides is 1. The molecule has 1 aromatic heterocycles. The van der Waals surface area contributed by atoms with E-state index in [4.69, 9.17) is 4.42 Å². The van der Waals surface area contributed by atoms with Gasteiger partial charge in [-0.15, -0.1) is 0 Å². The smallest absolute Gasteiger partial charge is 0.287 e. The molecule has 2 aromatic rings. The molecule has 0 aliphatic heterocycles. The molecule has 3 rings (SSSR count). The lowest BCUT2D eigenvalue weighted by molar-refractivity contribution is 0.0232. The molecule has 5 heteroatoms. The van der Waals surface area contributed by atoms with Crippen LogP contribution >= 0.6 is 0 Å². The topological polar surface area (TPSA) is 62.5 Å². The van der Waals surface area contributed by atoms with E-state index >= 15 is 0 Å². The lowest BCUT2D eigenvalue weighted by Crippen LogP contribution is -2.41. The highest BCUT2D eigenvalue weighted by atomic mass is 19.1. The number of hydrogen-bond acceptors (Lipinski definition) is 3. The molecular weight excluding hydrogens is 273 g/mol. The summed E-state index contributed by atoms with van der Waals surface area (Å²) in [6.45, 7) is 0. The third kappa shape index (κ3) is 2.97. The van der Waals surface area contributed by atoms with Crippen LogP contribution in [0.5, 0.6) is 0 Å². The number of halogens is 1. The predicted octanol–water partition coefficient (Wildman–Crippen LogP) is 2.66. The van der Waals surface area contributed by atoms with Crippen molar-refractivity contribution in [3.05, 3.63) is 59.8 Å². The molecule has 0 radical (unpaired) electrons. The van der Waals surface area contributed by atoms with Gasteiger partial charge in [-0.1, -0.05) is 12.1 Å². The Morgan fingerprint density at radius 1 is 1.29 bits per heavy atom. The van der Waals surface area contributed by atoms with Crippen LogP contribution in [0.1, 0.15) is 35.0 Å². The second kappa shape index (κ2) is 5.69. The van der Waals surface area contributed by atoms with Gasteiger partial charge in [0, 0.05) is 0 Å². The molecule has 1 heterocycles. The zero-order valence-electron chi connectivity index (χ0n) is 11.3. The maximum Gasteiger partial charge on any atom is 0.287 e. The molecule has 0 unspecified atom stereocenters. The van der Waals surface area contributed by atoms with Crippen LogP contribution in [0.15, 0.2) is 47.1 Å². The predicted molar refractivity (Wildman–Crippen MR) is 74.0 cm³/mol. The van der Waals surface area contributed by atoms with Gasteiger partial charge < -0.3 is 14.8 Å². The highest BCUT2D eigenvalue weighted by Crippen LogP contribution is 2.38. The van der Waals surface area contributed by atoms with Gasteiger partial charge in [0.2, 0.25) is 0 Å². The number of benzene rings is 1. The van der Waals surface area contributed by atoms with Gasteiger partial charge >= 0.3 is 0 Å². The molecule has 1 amide bonds. The Hall–Kier alpha value is -2.14. The van der Waals surface area contributed by atoms with E-state index in [0.717, 1.165) is 5.56 Å². The fourth-order valence-corrected chi connectivity index (χ4v) is 2.67. The van der Waals surface area contributed by atoms with E-state index in [9.17, 15) is 14.3 Å². The Balaban J connectivity index is 1.79. The van der Waals surface area contributed by atoms with Crippen molar-refractivity contribution >= 4 is 5.91 Å². The summed E-state index contributed by atoms with van der Waals surface area (Å²) in [7, 11) is 0. The average molecular weight is 289 g/mol. The minimum absolute atomic E-state index is 0.143. The average Bonchev–Trinajstić information content (AvgIpc) is 2.97. The second-order valence-corrected chi connectivity index (χ2v) is 5.37. The Labute approximate surface area is 121 Å². The molecule has 1 aromatic carbocycles. The molecule has 1 atom stereocenters. The van der Waals surface area contributed by atoms with Gasteiger partial charge in [-0.25, -0.2) is 4.39 Å². The van der Waals surface area contributed by atoms with Gasteiger partial charge in [0.05, 0.1) is 18.4 Å². The lowest BCUT2D eigenvalue weighted by Gasteiger charge is -2.38. The summed E-state index contributed by atoms with van der Waals surface area (Å²) in [5.74, 6) is -0.245. The van der Waals surface area contributed by atoms with Crippen LogP contribution in [0.4, 0.5) is 4.39 Å². The first-order valence-corrected chi connectivity index (χ1v) is 6.91. The normalized spacial score (nSPS) is 22.4. The Morgan fingerprint density at radius 2 is 2.00 bits per heavy atom. The summed E-state index contributed by atoms with van der Waals surface area (Å²) in [5, 5.41) is 12.4. The van der Waals surface area contributed by atoms with E-state index in [-0.39, 0.29) is 35.5 Å². The first-order valence-electron chi connectivity index (χ1n) is 6.91. The van der Waals surface area contributed by atoms with Crippen molar-refractivity contribution in [2.24, 2.45) is 5.92 Å². The van der Waals surface area contributed by atoms with Gasteiger partial charge in [-0.05, 0) is 48.6 Å². The quantitative estimate of drug-likeness (QED) is 0.909. The zero-order valence-corrected chi connectivity index (χ0v) is 11.3. The molecular formula is C16H16FNO3. The number of aliphatic hydroxyl groups is 1. The van der Waals surface area contributed by atoms with E-state index in [1.165, 1.54) is 18.4 Å². The highest BCUT2D eigenvalue weighted by molar-refractivity contribution is 5.91. The molecule has 2 N–H and O–H groups in total. The zero-order chi connectivity index (χ0) is 14.8. The summed E-state index contributed by atoms with van der Waals surface area (Å²) in [5.41, 5.74) is 0.827. The number of furan rings is 1. The van der Waals surface area contributed by atoms with Crippen molar-refractivity contribution in [1.82, 2.24) is 5.32 Å². The van der Waals surface area contributed by atoms with Crippen LogP contribution in [-0.2, 0) is 0 Å². The van der Waals surface area contributed by atoms with Gasteiger partial charge in [0.15, 0.2) is 5.76 Å². The molecule has 1 aliphatic carbocycles. The highest BCUT2D eigenvalue weighted by Gasteiger charge is 2.36. The van der Waals surface area contributed by atoms with E-state index < -0.39 is 0 Å². The molecule has 4 nitrogen and oxygen atoms in total. The lowest BCUT2D eigenvalue weighted by atomic mass is 9.75. The number of nitrogens with one attached hydrogen (secondary N) is 1. The number of carbonyl (C=O) groups excluding carboxylic acids is 1. The van der Waals surface area contributed by atoms with Gasteiger partial charge in [0.25, 0.3) is 5.91 Å². The van der Waals surface area contributed by atoms with Crippen molar-refractivity contribution < 1.29 is 18.7 Å². The minimum Gasteiger partial charge on any atom is -0.459 e. The van der Waals surface area contributed by atoms with Gasteiger partial charge in [-0.3, -0.25) is 4.79 Å². The largest absolute Gasteiger partial charge is 0.459 e. The van der Waals surface area contributed by atoms with Crippen LogP contribution in [0.2, 0.25) is 0 Å². The van der Waals surface area contributed by atoms with Crippen LogP contribution in [0.3, 0.4) is 0 Å². The van der Waals surface area contributed by atoms with E-state index in [0.29, 0.717) is 12.8 Å². The third-order valence-corrected chi connectivity index (χ3v) is 3.88. The van der Waals surface area contributed by atoms with E-state index in [1.54, 1.807) is 24.3 Å². The molecule has 1 aliphatic rings. The van der Waals surface area contributed by atoms with Crippen molar-refractivity contribution in [3.63, 3.8) is 0 Å². The SMILES string of the molecule is O=C(N[C@H](c1ccc(F)cc1)C1CC(O)C1)c1ccco1. The number of rotatable bonds is 4. The number of hydrogen-bond donors (Lipinski definition) is 2. The summed E-state index contributed by atoms with van der Waals surface area (Å²) in [6.07, 6.45) is 2.37. The molecule has 21 heavy (non-hydrogen) atoms. The van der Waals surface area contributed by atoms with Crippen molar-refractivity contribution in [2.75, 3.05) is 0 Å². The van der Waals surface area contributed by atoms with Crippen LogP contribution in [-0.4, -0.2) is 17.1 Å². The van der Waals surface area contributed by atoms with Crippen LogP contribution in [0.25, 0.3) is 0 Å². The van der Waals surface area contributed by atoms with Crippen molar-refractivity contribution in [2.45, 2.75) is 25.0 Å². The fourth-order valence-electron chi connectivity index (χ4n) is 2.67. The second-order valence-electron chi connectivity index (χ2n) is 5.37. The van der Waals surface area contributed by atoms with Gasteiger partial charge in [0.1, 0.15) is 5.82 Å². The molecule has 110 valence electrons. The Kier molecular flexibility index (Phi) is 3.75. The van der Waals surface area contributed by atoms with Gasteiger partial charge in [-0.2, -0.15) is 0 Å². The van der Waals surface area contributed by atoms with Crippen molar-refractivity contribution in [3.8, 4) is 0 Å². The third-order valence-electron chi connectivity index (χ3n) is 3.88. The van der Waals surface area contributed by atoms with E-state index in [2.05, 4.69) is 5.32 Å². The summed E-state index contributed by atoms with van der Waals surface area (Å²) >= 11 is 0. The minimum atomic E-state index is -0.321. The number of aliphatic hydroxyl groups excluding tert-OH is 1. The summed E-state index contributed by atoms with van der Waals surface area (Å²) in [4.78, 5) is 12.1. The summed E-state index contributed by atoms with van der Waals surface area (Å²) in [6, 6.07) is 9.04. The monoisotopic (exact) mass is 289 g/mol. The summed E-state index contributed by atoms with van der Waals surface area (Å²) < 4.78 is 18.1. The molecule has 0 saturated heterocycles. The fraction of sp³-hybridized carbons (Fsp3) is 0.312. The van der Waals surface area contributed by atoms with Crippen LogP contribution in [0, 0.1) is 11.7 Å². The first kappa shape index (κ1) is 13.8. The molecule has 0 bridgehead atoms. The van der Waals surface area contributed by atoms with Crippen LogP contribution < -0.4 is 5.32 Å². The maximum atomic E-state index is 13.1. The van der Waals surface area contributed by atoms with E-state index in [1.807, 2.05) is 0 Å². The Bertz CT molecular complexity index is 603. The number of carbonyl (C=O) groups is 1. The molecule has 1 fully saturated rings. The molecule has 1 saturated carbocycles.